The molecule has 5 aromatic rings. The van der Waals surface area contributed by atoms with Gasteiger partial charge in [0, 0.05) is 10.8 Å². The van der Waals surface area contributed by atoms with Gasteiger partial charge in [-0.25, -0.2) is 9.59 Å². The lowest BCUT2D eigenvalue weighted by Gasteiger charge is -2.26. The molecular weight excluding hydrogens is 568 g/mol. The Morgan fingerprint density at radius 1 is 0.422 bits per heavy atom. The topological polar surface area (TPSA) is 91.3 Å². The molecule has 0 aliphatic rings. The summed E-state index contributed by atoms with van der Waals surface area (Å²) in [6.45, 7) is 8.32. The Bertz CT molecular complexity index is 1740. The first-order valence-electron chi connectivity index (χ1n) is 14.5. The van der Waals surface area contributed by atoms with Crippen molar-refractivity contribution in [3.8, 4) is 28.7 Å². The normalized spacial score (nSPS) is 11.4. The third kappa shape index (κ3) is 7.51. The Hall–Kier alpha value is -5.56. The molecular formula is C38H34O7. The number of phenolic OH excluding ortho intramolecular Hbond substituents is 1. The van der Waals surface area contributed by atoms with E-state index in [2.05, 4.69) is 27.7 Å². The van der Waals surface area contributed by atoms with E-state index in [-0.39, 0.29) is 11.2 Å². The fourth-order valence-corrected chi connectivity index (χ4v) is 4.95. The standard InChI is InChI=1S/C38H34O7/c1-37(2,26-10-18-30(39)19-11-26)27-12-20-33(21-13-27)44-36(41)45-34-24-16-29(17-25-34)38(3,4)28-14-22-32(23-15-28)43-35(40)42-31-8-6-5-7-9-31/h5-25,39H,1-4H3. The van der Waals surface area contributed by atoms with E-state index in [9.17, 15) is 14.7 Å². The van der Waals surface area contributed by atoms with Crippen LogP contribution in [0, 0.1) is 0 Å². The van der Waals surface area contributed by atoms with Crippen molar-refractivity contribution in [2.75, 3.05) is 0 Å². The predicted octanol–water partition coefficient (Wildman–Crippen LogP) is 9.20. The average molecular weight is 603 g/mol. The molecule has 1 N–H and O–H groups in total. The van der Waals surface area contributed by atoms with Gasteiger partial charge in [-0.15, -0.1) is 0 Å². The van der Waals surface area contributed by atoms with Gasteiger partial charge in [0.2, 0.25) is 0 Å². The number of carbonyl (C=O) groups excluding carboxylic acids is 2. The highest BCUT2D eigenvalue weighted by atomic mass is 16.7. The highest BCUT2D eigenvalue weighted by Crippen LogP contribution is 2.35. The van der Waals surface area contributed by atoms with Gasteiger partial charge in [-0.3, -0.25) is 0 Å². The van der Waals surface area contributed by atoms with Gasteiger partial charge in [-0.05, 0) is 82.9 Å². The first-order chi connectivity index (χ1) is 21.5. The molecule has 0 heterocycles. The number of aromatic hydroxyl groups is 1. The summed E-state index contributed by atoms with van der Waals surface area (Å²) in [4.78, 5) is 24.6. The van der Waals surface area contributed by atoms with Crippen LogP contribution in [0.25, 0.3) is 0 Å². The summed E-state index contributed by atoms with van der Waals surface area (Å²) in [5.74, 6) is 1.71. The molecule has 0 unspecified atom stereocenters. The van der Waals surface area contributed by atoms with Crippen molar-refractivity contribution < 1.29 is 33.6 Å². The van der Waals surface area contributed by atoms with Crippen LogP contribution >= 0.6 is 0 Å². The highest BCUT2D eigenvalue weighted by molar-refractivity contribution is 5.68. The van der Waals surface area contributed by atoms with Crippen molar-refractivity contribution in [1.82, 2.24) is 0 Å². The van der Waals surface area contributed by atoms with Crippen LogP contribution in [-0.4, -0.2) is 17.4 Å². The molecule has 0 saturated heterocycles. The third-order valence-corrected chi connectivity index (χ3v) is 7.86. The zero-order chi connectivity index (χ0) is 32.0. The van der Waals surface area contributed by atoms with Crippen molar-refractivity contribution in [3.63, 3.8) is 0 Å². The number of ether oxygens (including phenoxy) is 4. The second-order valence-electron chi connectivity index (χ2n) is 11.6. The molecule has 0 atom stereocenters. The van der Waals surface area contributed by atoms with Gasteiger partial charge in [0.15, 0.2) is 0 Å². The van der Waals surface area contributed by atoms with Crippen LogP contribution in [0.1, 0.15) is 49.9 Å². The van der Waals surface area contributed by atoms with E-state index in [0.717, 1.165) is 22.3 Å². The van der Waals surface area contributed by atoms with Gasteiger partial charge >= 0.3 is 12.3 Å². The monoisotopic (exact) mass is 602 g/mol. The maximum absolute atomic E-state index is 12.5. The third-order valence-electron chi connectivity index (χ3n) is 7.86. The molecule has 7 heteroatoms. The SMILES string of the molecule is CC(C)(c1ccc(O)cc1)c1ccc(OC(=O)Oc2ccc(C(C)(C)c3ccc(OC(=O)Oc4ccccc4)cc3)cc2)cc1. The molecule has 0 saturated carbocycles. The maximum Gasteiger partial charge on any atom is 0.519 e. The van der Waals surface area contributed by atoms with E-state index in [0.29, 0.717) is 23.0 Å². The van der Waals surface area contributed by atoms with Gasteiger partial charge < -0.3 is 24.1 Å². The van der Waals surface area contributed by atoms with E-state index in [1.165, 1.54) is 0 Å². The summed E-state index contributed by atoms with van der Waals surface area (Å²) in [5, 5.41) is 9.60. The highest BCUT2D eigenvalue weighted by Gasteiger charge is 2.25. The number of hydrogen-bond acceptors (Lipinski definition) is 7. The number of carbonyl (C=O) groups is 2. The van der Waals surface area contributed by atoms with Crippen LogP contribution in [0.15, 0.2) is 127 Å². The molecule has 0 aliphatic carbocycles. The average Bonchev–Trinajstić information content (AvgIpc) is 3.02. The second-order valence-corrected chi connectivity index (χ2v) is 11.6. The summed E-state index contributed by atoms with van der Waals surface area (Å²) < 4.78 is 21.3. The Morgan fingerprint density at radius 3 is 1.00 bits per heavy atom. The molecule has 0 amide bonds. The molecule has 0 bridgehead atoms. The fourth-order valence-electron chi connectivity index (χ4n) is 4.95. The van der Waals surface area contributed by atoms with E-state index >= 15 is 0 Å². The molecule has 0 fully saturated rings. The van der Waals surface area contributed by atoms with Crippen molar-refractivity contribution in [2.45, 2.75) is 38.5 Å². The summed E-state index contributed by atoms with van der Waals surface area (Å²) in [6.07, 6.45) is -1.65. The number of benzene rings is 5. The van der Waals surface area contributed by atoms with Gasteiger partial charge in [0.1, 0.15) is 28.7 Å². The minimum absolute atomic E-state index is 0.220. The zero-order valence-corrected chi connectivity index (χ0v) is 25.5. The van der Waals surface area contributed by atoms with Crippen LogP contribution < -0.4 is 18.9 Å². The molecule has 7 nitrogen and oxygen atoms in total. The van der Waals surface area contributed by atoms with Crippen molar-refractivity contribution in [3.05, 3.63) is 150 Å². The quantitative estimate of drug-likeness (QED) is 0.140. The molecule has 5 rings (SSSR count). The number of hydrogen-bond donors (Lipinski definition) is 1. The molecule has 228 valence electrons. The molecule has 0 radical (unpaired) electrons. The Morgan fingerprint density at radius 2 is 0.689 bits per heavy atom. The van der Waals surface area contributed by atoms with Gasteiger partial charge in [-0.1, -0.05) is 94.4 Å². The second kappa shape index (κ2) is 13.0. The first kappa shape index (κ1) is 30.9. The number of rotatable bonds is 8. The lowest BCUT2D eigenvalue weighted by atomic mass is 9.78. The fraction of sp³-hybridized carbons (Fsp3) is 0.158. The molecule has 45 heavy (non-hydrogen) atoms. The molecule has 0 aliphatic heterocycles. The summed E-state index contributed by atoms with van der Waals surface area (Å²) >= 11 is 0. The summed E-state index contributed by atoms with van der Waals surface area (Å²) in [7, 11) is 0. The largest absolute Gasteiger partial charge is 0.519 e. The minimum Gasteiger partial charge on any atom is -0.508 e. The maximum atomic E-state index is 12.5. The van der Waals surface area contributed by atoms with E-state index in [4.69, 9.17) is 18.9 Å². The van der Waals surface area contributed by atoms with Crippen LogP contribution in [0.2, 0.25) is 0 Å². The van der Waals surface area contributed by atoms with Crippen LogP contribution in [0.4, 0.5) is 9.59 Å². The van der Waals surface area contributed by atoms with Gasteiger partial charge in [0.25, 0.3) is 0 Å². The van der Waals surface area contributed by atoms with Gasteiger partial charge in [-0.2, -0.15) is 0 Å². The smallest absolute Gasteiger partial charge is 0.508 e. The van der Waals surface area contributed by atoms with Crippen LogP contribution in [-0.2, 0) is 10.8 Å². The minimum atomic E-state index is -0.839. The first-order valence-corrected chi connectivity index (χ1v) is 14.5. The van der Waals surface area contributed by atoms with Crippen molar-refractivity contribution in [1.29, 1.82) is 0 Å². The number of phenols is 1. The molecule has 5 aromatic carbocycles. The summed E-state index contributed by atoms with van der Waals surface area (Å²) in [6, 6.07) is 37.6. The van der Waals surface area contributed by atoms with Crippen molar-refractivity contribution in [2.24, 2.45) is 0 Å². The van der Waals surface area contributed by atoms with E-state index in [1.807, 2.05) is 54.6 Å². The lowest BCUT2D eigenvalue weighted by Crippen LogP contribution is -2.19. The molecule has 0 aromatic heterocycles. The van der Waals surface area contributed by atoms with Crippen LogP contribution in [0.3, 0.4) is 0 Å². The van der Waals surface area contributed by atoms with Gasteiger partial charge in [0.05, 0.1) is 0 Å². The lowest BCUT2D eigenvalue weighted by molar-refractivity contribution is 0.150. The Balaban J connectivity index is 1.16. The van der Waals surface area contributed by atoms with Crippen molar-refractivity contribution >= 4 is 12.3 Å². The zero-order valence-electron chi connectivity index (χ0n) is 25.5. The Kier molecular flexibility index (Phi) is 8.91. The van der Waals surface area contributed by atoms with E-state index < -0.39 is 17.7 Å². The number of para-hydroxylation sites is 1. The Labute approximate surface area is 262 Å². The van der Waals surface area contributed by atoms with Crippen LogP contribution in [0.5, 0.6) is 28.7 Å². The molecule has 0 spiro atoms. The van der Waals surface area contributed by atoms with E-state index in [1.54, 1.807) is 72.8 Å². The predicted molar refractivity (Wildman–Crippen MR) is 171 cm³/mol. The summed E-state index contributed by atoms with van der Waals surface area (Å²) in [5.41, 5.74) is 3.36.